The lowest BCUT2D eigenvalue weighted by molar-refractivity contribution is -0.384. The van der Waals surface area contributed by atoms with Crippen LogP contribution >= 0.6 is 0 Å². The van der Waals surface area contributed by atoms with Crippen LogP contribution in [0.15, 0.2) is 54.6 Å². The van der Waals surface area contributed by atoms with Gasteiger partial charge in [-0.25, -0.2) is 9.48 Å². The molecular formula is C22H20N4O5. The molecule has 1 aliphatic rings. The van der Waals surface area contributed by atoms with E-state index in [1.807, 2.05) is 30.3 Å². The van der Waals surface area contributed by atoms with Crippen molar-refractivity contribution < 1.29 is 19.2 Å². The fourth-order valence-electron chi connectivity index (χ4n) is 3.56. The van der Waals surface area contributed by atoms with Gasteiger partial charge >= 0.3 is 5.97 Å². The van der Waals surface area contributed by atoms with Crippen LogP contribution in [0.5, 0.6) is 0 Å². The summed E-state index contributed by atoms with van der Waals surface area (Å²) in [5, 5.41) is 17.8. The summed E-state index contributed by atoms with van der Waals surface area (Å²) in [6.07, 6.45) is 1.41. The molecule has 9 heteroatoms. The highest BCUT2D eigenvalue weighted by Crippen LogP contribution is 2.28. The van der Waals surface area contributed by atoms with Crippen LogP contribution in [-0.4, -0.2) is 32.7 Å². The van der Waals surface area contributed by atoms with E-state index in [9.17, 15) is 19.7 Å². The number of nitrogens with one attached hydrogen (secondary N) is 1. The highest BCUT2D eigenvalue weighted by Gasteiger charge is 2.29. The number of anilines is 1. The first-order chi connectivity index (χ1) is 14.9. The van der Waals surface area contributed by atoms with Crippen LogP contribution < -0.4 is 5.32 Å². The Kier molecular flexibility index (Phi) is 5.48. The molecule has 1 aromatic heterocycles. The molecule has 1 heterocycles. The minimum Gasteiger partial charge on any atom is -0.448 e. The number of amides is 1. The number of fused-ring (bicyclic) bond motifs is 1. The van der Waals surface area contributed by atoms with E-state index in [4.69, 9.17) is 4.74 Å². The van der Waals surface area contributed by atoms with Gasteiger partial charge in [0.2, 0.25) is 0 Å². The molecule has 1 amide bonds. The molecule has 1 N–H and O–H groups in total. The SMILES string of the molecule is CC(OC(=O)c1nn(-c2ccccc2)c2c1CCC2)C(=O)Nc1ccc([N+](=O)[O-])cc1. The van der Waals surface area contributed by atoms with Crippen LogP contribution in [0.25, 0.3) is 5.69 Å². The third-order valence-electron chi connectivity index (χ3n) is 5.12. The lowest BCUT2D eigenvalue weighted by atomic mass is 10.2. The van der Waals surface area contributed by atoms with Crippen molar-refractivity contribution in [2.45, 2.75) is 32.3 Å². The largest absolute Gasteiger partial charge is 0.448 e. The van der Waals surface area contributed by atoms with E-state index < -0.39 is 22.9 Å². The van der Waals surface area contributed by atoms with Crippen LogP contribution in [0.3, 0.4) is 0 Å². The van der Waals surface area contributed by atoms with E-state index in [1.54, 1.807) is 4.68 Å². The zero-order valence-electron chi connectivity index (χ0n) is 16.8. The Morgan fingerprint density at radius 3 is 2.52 bits per heavy atom. The second-order valence-corrected chi connectivity index (χ2v) is 7.22. The van der Waals surface area contributed by atoms with Crippen LogP contribution in [0.4, 0.5) is 11.4 Å². The summed E-state index contributed by atoms with van der Waals surface area (Å²) in [5.41, 5.74) is 3.22. The number of benzene rings is 2. The number of ether oxygens (including phenoxy) is 1. The first kappa shape index (κ1) is 20.3. The summed E-state index contributed by atoms with van der Waals surface area (Å²) in [5.74, 6) is -1.19. The van der Waals surface area contributed by atoms with Crippen LogP contribution in [-0.2, 0) is 22.4 Å². The lowest BCUT2D eigenvalue weighted by Gasteiger charge is -2.13. The van der Waals surface area contributed by atoms with Crippen molar-refractivity contribution in [2.24, 2.45) is 0 Å². The van der Waals surface area contributed by atoms with Gasteiger partial charge in [-0.2, -0.15) is 5.10 Å². The summed E-state index contributed by atoms with van der Waals surface area (Å²) in [6.45, 7) is 1.47. The fraction of sp³-hybridized carbons (Fsp3) is 0.227. The number of rotatable bonds is 6. The minimum atomic E-state index is -1.07. The quantitative estimate of drug-likeness (QED) is 0.371. The number of nitro groups is 1. The molecule has 3 aromatic rings. The van der Waals surface area contributed by atoms with Crippen LogP contribution in [0, 0.1) is 10.1 Å². The van der Waals surface area contributed by atoms with E-state index in [-0.39, 0.29) is 11.4 Å². The van der Waals surface area contributed by atoms with Gasteiger partial charge in [0.15, 0.2) is 11.8 Å². The number of carbonyl (C=O) groups excluding carboxylic acids is 2. The Bertz CT molecular complexity index is 1140. The Balaban J connectivity index is 1.47. The van der Waals surface area contributed by atoms with Crippen molar-refractivity contribution in [3.63, 3.8) is 0 Å². The Hall–Kier alpha value is -4.01. The maximum atomic E-state index is 12.8. The van der Waals surface area contributed by atoms with E-state index >= 15 is 0 Å². The van der Waals surface area contributed by atoms with Gasteiger partial charge in [0.1, 0.15) is 0 Å². The Morgan fingerprint density at radius 1 is 1.13 bits per heavy atom. The molecular weight excluding hydrogens is 400 g/mol. The molecule has 1 aliphatic carbocycles. The van der Waals surface area contributed by atoms with Gasteiger partial charge in [-0.05, 0) is 50.5 Å². The Morgan fingerprint density at radius 2 is 1.84 bits per heavy atom. The van der Waals surface area contributed by atoms with Crippen molar-refractivity contribution in [1.82, 2.24) is 9.78 Å². The molecule has 0 radical (unpaired) electrons. The molecule has 0 fully saturated rings. The molecule has 9 nitrogen and oxygen atoms in total. The molecule has 0 saturated heterocycles. The van der Waals surface area contributed by atoms with Crippen LogP contribution in [0.1, 0.15) is 35.1 Å². The maximum absolute atomic E-state index is 12.8. The van der Waals surface area contributed by atoms with E-state index in [2.05, 4.69) is 10.4 Å². The monoisotopic (exact) mass is 420 g/mol. The molecule has 2 aromatic carbocycles. The minimum absolute atomic E-state index is 0.0830. The summed E-state index contributed by atoms with van der Waals surface area (Å²) in [7, 11) is 0. The number of hydrogen-bond donors (Lipinski definition) is 1. The van der Waals surface area contributed by atoms with E-state index in [0.29, 0.717) is 5.69 Å². The number of para-hydroxylation sites is 1. The van der Waals surface area contributed by atoms with Crippen molar-refractivity contribution in [2.75, 3.05) is 5.32 Å². The highest BCUT2D eigenvalue weighted by atomic mass is 16.6. The summed E-state index contributed by atoms with van der Waals surface area (Å²) in [6, 6.07) is 15.0. The summed E-state index contributed by atoms with van der Waals surface area (Å²) >= 11 is 0. The fourth-order valence-corrected chi connectivity index (χ4v) is 3.56. The van der Waals surface area contributed by atoms with E-state index in [0.717, 1.165) is 36.2 Å². The number of carbonyl (C=O) groups is 2. The number of esters is 1. The summed E-state index contributed by atoms with van der Waals surface area (Å²) in [4.78, 5) is 35.4. The van der Waals surface area contributed by atoms with Gasteiger partial charge in [-0.3, -0.25) is 14.9 Å². The molecule has 0 aliphatic heterocycles. The topological polar surface area (TPSA) is 116 Å². The maximum Gasteiger partial charge on any atom is 0.359 e. The summed E-state index contributed by atoms with van der Waals surface area (Å²) < 4.78 is 7.14. The van der Waals surface area contributed by atoms with E-state index in [1.165, 1.54) is 31.2 Å². The van der Waals surface area contributed by atoms with Gasteiger partial charge in [-0.15, -0.1) is 0 Å². The molecule has 158 valence electrons. The normalized spacial score (nSPS) is 13.3. The number of nitrogens with zero attached hydrogens (tertiary/aromatic N) is 3. The van der Waals surface area contributed by atoms with Crippen LogP contribution in [0.2, 0.25) is 0 Å². The highest BCUT2D eigenvalue weighted by molar-refractivity contribution is 5.97. The second-order valence-electron chi connectivity index (χ2n) is 7.22. The average Bonchev–Trinajstić information content (AvgIpc) is 3.37. The van der Waals surface area contributed by atoms with Crippen molar-refractivity contribution in [3.8, 4) is 5.69 Å². The van der Waals surface area contributed by atoms with Crippen molar-refractivity contribution in [1.29, 1.82) is 0 Å². The molecule has 31 heavy (non-hydrogen) atoms. The smallest absolute Gasteiger partial charge is 0.359 e. The third kappa shape index (κ3) is 4.16. The molecule has 0 saturated carbocycles. The zero-order chi connectivity index (χ0) is 22.0. The number of hydrogen-bond acceptors (Lipinski definition) is 6. The molecule has 1 unspecified atom stereocenters. The Labute approximate surface area is 177 Å². The number of non-ortho nitro benzene ring substituents is 1. The zero-order valence-corrected chi connectivity index (χ0v) is 16.8. The van der Waals surface area contributed by atoms with Gasteiger partial charge in [0.25, 0.3) is 11.6 Å². The predicted octanol–water partition coefficient (Wildman–Crippen LogP) is 3.45. The third-order valence-corrected chi connectivity index (χ3v) is 5.12. The lowest BCUT2D eigenvalue weighted by Crippen LogP contribution is -2.30. The first-order valence-corrected chi connectivity index (χ1v) is 9.86. The van der Waals surface area contributed by atoms with Crippen molar-refractivity contribution in [3.05, 3.63) is 81.7 Å². The van der Waals surface area contributed by atoms with Gasteiger partial charge in [0, 0.05) is 29.1 Å². The van der Waals surface area contributed by atoms with Crippen molar-refractivity contribution >= 4 is 23.3 Å². The van der Waals surface area contributed by atoms with Gasteiger partial charge in [-0.1, -0.05) is 18.2 Å². The predicted molar refractivity (Wildman–Crippen MR) is 112 cm³/mol. The first-order valence-electron chi connectivity index (χ1n) is 9.86. The standard InChI is InChI=1S/C22H20N4O5/c1-14(21(27)23-15-10-12-17(13-11-15)26(29)30)31-22(28)20-18-8-5-9-19(18)25(24-20)16-6-3-2-4-7-16/h2-4,6-7,10-14H,5,8-9H2,1H3,(H,23,27). The number of nitro benzene ring substituents is 1. The number of aromatic nitrogens is 2. The van der Waals surface area contributed by atoms with Gasteiger partial charge in [0.05, 0.1) is 10.6 Å². The molecule has 1 atom stereocenters. The second kappa shape index (κ2) is 8.39. The molecule has 4 rings (SSSR count). The molecule has 0 bridgehead atoms. The van der Waals surface area contributed by atoms with Gasteiger partial charge < -0.3 is 10.1 Å². The molecule has 0 spiro atoms. The average molecular weight is 420 g/mol.